The lowest BCUT2D eigenvalue weighted by Gasteiger charge is -2.05. The van der Waals surface area contributed by atoms with Crippen molar-refractivity contribution in [1.82, 2.24) is 0 Å². The predicted molar refractivity (Wildman–Crippen MR) is 80.3 cm³/mol. The van der Waals surface area contributed by atoms with Crippen molar-refractivity contribution in [3.05, 3.63) is 59.1 Å². The average molecular weight is 275 g/mol. The van der Waals surface area contributed by atoms with Crippen molar-refractivity contribution >= 4 is 23.0 Å². The van der Waals surface area contributed by atoms with Crippen molar-refractivity contribution in [2.75, 3.05) is 12.5 Å². The van der Waals surface area contributed by atoms with Crippen LogP contribution in [0.1, 0.15) is 12.5 Å². The number of hydrazone groups is 1. The number of hydrogen-bond donors (Lipinski definition) is 1. The third-order valence-corrected chi connectivity index (χ3v) is 2.96. The van der Waals surface area contributed by atoms with E-state index in [4.69, 9.17) is 16.3 Å². The monoisotopic (exact) mass is 274 g/mol. The summed E-state index contributed by atoms with van der Waals surface area (Å²) >= 11 is 5.82. The summed E-state index contributed by atoms with van der Waals surface area (Å²) < 4.78 is 5.12. The molecule has 0 saturated heterocycles. The molecule has 1 N–H and O–H groups in total. The Labute approximate surface area is 117 Å². The summed E-state index contributed by atoms with van der Waals surface area (Å²) in [6.45, 7) is 1.95. The van der Waals surface area contributed by atoms with Crippen LogP contribution in [0, 0.1) is 0 Å². The van der Waals surface area contributed by atoms with Gasteiger partial charge in [-0.3, -0.25) is 5.43 Å². The summed E-state index contributed by atoms with van der Waals surface area (Å²) in [5.41, 5.74) is 5.84. The van der Waals surface area contributed by atoms with E-state index in [0.717, 1.165) is 22.7 Å². The fraction of sp³-hybridized carbons (Fsp3) is 0.133. The van der Waals surface area contributed by atoms with Gasteiger partial charge in [0.2, 0.25) is 0 Å². The summed E-state index contributed by atoms with van der Waals surface area (Å²) in [4.78, 5) is 0. The quantitative estimate of drug-likeness (QED) is 0.670. The molecular weight excluding hydrogens is 260 g/mol. The van der Waals surface area contributed by atoms with Crippen molar-refractivity contribution in [3.8, 4) is 5.75 Å². The molecule has 0 radical (unpaired) electrons. The van der Waals surface area contributed by atoms with Gasteiger partial charge in [-0.2, -0.15) is 5.10 Å². The van der Waals surface area contributed by atoms with Crippen LogP contribution in [-0.2, 0) is 0 Å². The predicted octanol–water partition coefficient (Wildman–Crippen LogP) is 4.18. The van der Waals surface area contributed by atoms with Gasteiger partial charge >= 0.3 is 0 Å². The van der Waals surface area contributed by atoms with Crippen LogP contribution >= 0.6 is 11.6 Å². The smallest absolute Gasteiger partial charge is 0.118 e. The van der Waals surface area contributed by atoms with Crippen molar-refractivity contribution in [2.45, 2.75) is 6.92 Å². The molecule has 0 fully saturated rings. The van der Waals surface area contributed by atoms with E-state index in [1.165, 1.54) is 0 Å². The molecule has 2 aromatic carbocycles. The lowest BCUT2D eigenvalue weighted by Crippen LogP contribution is -1.99. The van der Waals surface area contributed by atoms with E-state index in [9.17, 15) is 0 Å². The Morgan fingerprint density at radius 3 is 2.26 bits per heavy atom. The number of hydrogen-bond acceptors (Lipinski definition) is 3. The highest BCUT2D eigenvalue weighted by atomic mass is 35.5. The maximum absolute atomic E-state index is 5.82. The Balaban J connectivity index is 2.07. The van der Waals surface area contributed by atoms with Gasteiger partial charge in [0, 0.05) is 5.02 Å². The maximum atomic E-state index is 5.82. The lowest BCUT2D eigenvalue weighted by atomic mass is 10.1. The molecule has 0 saturated carbocycles. The second-order valence-electron chi connectivity index (χ2n) is 4.04. The van der Waals surface area contributed by atoms with Gasteiger partial charge in [0.15, 0.2) is 0 Å². The first kappa shape index (κ1) is 13.4. The molecule has 0 unspecified atom stereocenters. The molecule has 0 aromatic heterocycles. The van der Waals surface area contributed by atoms with Crippen LogP contribution < -0.4 is 10.2 Å². The molecule has 0 bridgehead atoms. The molecule has 3 nitrogen and oxygen atoms in total. The molecule has 0 spiro atoms. The molecular formula is C15H15ClN2O. The highest BCUT2D eigenvalue weighted by molar-refractivity contribution is 6.30. The first-order chi connectivity index (χ1) is 9.19. The van der Waals surface area contributed by atoms with Crippen LogP contribution in [0.4, 0.5) is 5.69 Å². The number of nitrogens with zero attached hydrogens (tertiary/aromatic N) is 1. The number of benzene rings is 2. The Kier molecular flexibility index (Phi) is 4.42. The molecule has 0 atom stereocenters. The Hall–Kier alpha value is -2.00. The van der Waals surface area contributed by atoms with Crippen LogP contribution in [0.2, 0.25) is 5.02 Å². The first-order valence-electron chi connectivity index (χ1n) is 5.89. The number of halogens is 1. The van der Waals surface area contributed by atoms with E-state index >= 15 is 0 Å². The molecule has 2 rings (SSSR count). The van der Waals surface area contributed by atoms with Gasteiger partial charge in [-0.1, -0.05) is 11.6 Å². The normalized spacial score (nSPS) is 11.2. The van der Waals surface area contributed by atoms with E-state index in [1.807, 2.05) is 55.5 Å². The highest BCUT2D eigenvalue weighted by Gasteiger charge is 1.98. The van der Waals surface area contributed by atoms with Gasteiger partial charge in [-0.25, -0.2) is 0 Å². The Bertz CT molecular complexity index is 562. The molecule has 0 amide bonds. The SMILES string of the molecule is COc1ccc(/C(C)=N\Nc2ccc(Cl)cc2)cc1. The van der Waals surface area contributed by atoms with Crippen molar-refractivity contribution in [2.24, 2.45) is 5.10 Å². The summed E-state index contributed by atoms with van der Waals surface area (Å²) in [5.74, 6) is 0.835. The zero-order valence-corrected chi connectivity index (χ0v) is 11.6. The average Bonchev–Trinajstić information content (AvgIpc) is 2.46. The third kappa shape index (κ3) is 3.73. The van der Waals surface area contributed by atoms with E-state index < -0.39 is 0 Å². The van der Waals surface area contributed by atoms with Crippen LogP contribution in [-0.4, -0.2) is 12.8 Å². The summed E-state index contributed by atoms with van der Waals surface area (Å²) in [7, 11) is 1.65. The summed E-state index contributed by atoms with van der Waals surface area (Å²) in [5, 5.41) is 5.04. The topological polar surface area (TPSA) is 33.6 Å². The fourth-order valence-corrected chi connectivity index (χ4v) is 1.70. The summed E-state index contributed by atoms with van der Waals surface area (Å²) in [6.07, 6.45) is 0. The molecule has 0 aliphatic carbocycles. The number of nitrogens with one attached hydrogen (secondary N) is 1. The van der Waals surface area contributed by atoms with Crippen molar-refractivity contribution < 1.29 is 4.74 Å². The zero-order chi connectivity index (χ0) is 13.7. The second-order valence-corrected chi connectivity index (χ2v) is 4.48. The van der Waals surface area contributed by atoms with Gasteiger partial charge in [-0.15, -0.1) is 0 Å². The second kappa shape index (κ2) is 6.25. The Morgan fingerprint density at radius 2 is 1.68 bits per heavy atom. The van der Waals surface area contributed by atoms with Crippen LogP contribution in [0.3, 0.4) is 0 Å². The Morgan fingerprint density at radius 1 is 1.05 bits per heavy atom. The van der Waals surface area contributed by atoms with Crippen molar-refractivity contribution in [3.63, 3.8) is 0 Å². The number of methoxy groups -OCH3 is 1. The molecule has 2 aromatic rings. The molecule has 0 aliphatic heterocycles. The van der Waals surface area contributed by atoms with E-state index in [1.54, 1.807) is 7.11 Å². The first-order valence-corrected chi connectivity index (χ1v) is 6.27. The van der Waals surface area contributed by atoms with Gasteiger partial charge in [0.1, 0.15) is 5.75 Å². The van der Waals surface area contributed by atoms with Crippen LogP contribution in [0.5, 0.6) is 5.75 Å². The zero-order valence-electron chi connectivity index (χ0n) is 10.9. The lowest BCUT2D eigenvalue weighted by molar-refractivity contribution is 0.415. The maximum Gasteiger partial charge on any atom is 0.118 e. The van der Waals surface area contributed by atoms with Gasteiger partial charge < -0.3 is 4.74 Å². The molecule has 4 heteroatoms. The number of ether oxygens (including phenoxy) is 1. The van der Waals surface area contributed by atoms with E-state index in [2.05, 4.69) is 10.5 Å². The third-order valence-electron chi connectivity index (χ3n) is 2.70. The molecule has 19 heavy (non-hydrogen) atoms. The minimum Gasteiger partial charge on any atom is -0.497 e. The van der Waals surface area contributed by atoms with Crippen molar-refractivity contribution in [1.29, 1.82) is 0 Å². The highest BCUT2D eigenvalue weighted by Crippen LogP contribution is 2.15. The molecule has 98 valence electrons. The molecule has 0 heterocycles. The van der Waals surface area contributed by atoms with Gasteiger partial charge in [0.25, 0.3) is 0 Å². The van der Waals surface area contributed by atoms with Crippen LogP contribution in [0.15, 0.2) is 53.6 Å². The van der Waals surface area contributed by atoms with Gasteiger partial charge in [0.05, 0.1) is 18.5 Å². The van der Waals surface area contributed by atoms with E-state index in [-0.39, 0.29) is 0 Å². The fourth-order valence-electron chi connectivity index (χ4n) is 1.57. The number of anilines is 1. The van der Waals surface area contributed by atoms with Crippen LogP contribution in [0.25, 0.3) is 0 Å². The minimum absolute atomic E-state index is 0.710. The molecule has 0 aliphatic rings. The largest absolute Gasteiger partial charge is 0.497 e. The minimum atomic E-state index is 0.710. The van der Waals surface area contributed by atoms with E-state index in [0.29, 0.717) is 5.02 Å². The number of rotatable bonds is 4. The van der Waals surface area contributed by atoms with Gasteiger partial charge in [-0.05, 0) is 61.0 Å². The summed E-state index contributed by atoms with van der Waals surface area (Å²) in [6, 6.07) is 15.2. The standard InChI is InChI=1S/C15H15ClN2O/c1-11(12-3-9-15(19-2)10-4-12)17-18-14-7-5-13(16)6-8-14/h3-10,18H,1-2H3/b17-11-.